The van der Waals surface area contributed by atoms with Crippen molar-refractivity contribution in [3.05, 3.63) is 23.3 Å². The number of rotatable bonds is 12. The van der Waals surface area contributed by atoms with E-state index < -0.39 is 98.8 Å². The molecule has 15 unspecified atom stereocenters. The van der Waals surface area contributed by atoms with Crippen molar-refractivity contribution in [2.45, 2.75) is 212 Å². The Hall–Kier alpha value is -2.38. The number of allylic oxidation sites excluding steroid dienone is 3. The van der Waals surface area contributed by atoms with Crippen molar-refractivity contribution in [1.82, 2.24) is 4.90 Å². The van der Waals surface area contributed by atoms with Gasteiger partial charge in [0.25, 0.3) is 11.7 Å². The summed E-state index contributed by atoms with van der Waals surface area (Å²) in [5.41, 5.74) is 1.79. The molecule has 3 fully saturated rings. The second-order valence-electron chi connectivity index (χ2n) is 22.1. The van der Waals surface area contributed by atoms with Crippen molar-refractivity contribution in [1.29, 1.82) is 0 Å². The Morgan fingerprint density at radius 2 is 1.57 bits per heavy atom. The van der Waals surface area contributed by atoms with Crippen LogP contribution in [0.5, 0.6) is 0 Å². The molecule has 3 N–H and O–H groups in total. The number of esters is 1. The molecule has 2 saturated heterocycles. The lowest BCUT2D eigenvalue weighted by Crippen LogP contribution is -2.64. The Kier molecular flexibility index (Phi) is 21.7. The summed E-state index contributed by atoms with van der Waals surface area (Å²) in [5.74, 6) is -7.08. The zero-order valence-corrected chi connectivity index (χ0v) is 44.9. The van der Waals surface area contributed by atoms with E-state index in [1.54, 1.807) is 28.3 Å². The molecule has 1 aliphatic carbocycles. The zero-order chi connectivity index (χ0) is 50.9. The predicted octanol–water partition coefficient (Wildman–Crippen LogP) is 6.88. The lowest BCUT2D eigenvalue weighted by Gasteiger charge is -2.47. The molecule has 68 heavy (non-hydrogen) atoms. The second-order valence-corrected chi connectivity index (χ2v) is 26.9. The smallest absolute Gasteiger partial charge is 0.329 e. The van der Waals surface area contributed by atoms with Crippen LogP contribution in [0, 0.1) is 29.6 Å². The highest BCUT2D eigenvalue weighted by Crippen LogP contribution is 2.42. The molecule has 3 aliphatic heterocycles. The average Bonchev–Trinajstić information content (AvgIpc) is 3.29. The molecule has 0 aromatic rings. The molecule has 16 heteroatoms. The van der Waals surface area contributed by atoms with E-state index in [1.165, 1.54) is 4.90 Å². The molecule has 0 aromatic heterocycles. The Bertz CT molecular complexity index is 1750. The summed E-state index contributed by atoms with van der Waals surface area (Å²) in [4.78, 5) is 59.9. The molecule has 0 aromatic carbocycles. The molecule has 15 nitrogen and oxygen atoms in total. The molecule has 390 valence electrons. The number of carbonyl (C=O) groups excluding carboxylic acids is 4. The third-order valence-corrected chi connectivity index (χ3v) is 20.3. The normalized spacial score (nSPS) is 37.4. The number of carbonyl (C=O) groups is 4. The number of hydrogen-bond donors (Lipinski definition) is 3. The van der Waals surface area contributed by atoms with E-state index in [0.29, 0.717) is 51.4 Å². The number of Topliss-reactive ketones (excluding diaryl/α,β-unsaturated/α-hetero) is 2. The first kappa shape index (κ1) is 58.2. The van der Waals surface area contributed by atoms with Gasteiger partial charge in [0.2, 0.25) is 5.79 Å². The van der Waals surface area contributed by atoms with Gasteiger partial charge in [-0.05, 0) is 114 Å². The van der Waals surface area contributed by atoms with Gasteiger partial charge in [-0.2, -0.15) is 0 Å². The first-order chi connectivity index (χ1) is 31.8. The van der Waals surface area contributed by atoms with Crippen LogP contribution in [0.25, 0.3) is 0 Å². The van der Waals surface area contributed by atoms with E-state index >= 15 is 0 Å². The number of ether oxygens (including phenoxy) is 6. The fourth-order valence-electron chi connectivity index (χ4n) is 10.5. The lowest BCUT2D eigenvalue weighted by molar-refractivity contribution is -0.302. The third kappa shape index (κ3) is 14.4. The van der Waals surface area contributed by atoms with Crippen LogP contribution >= 0.6 is 0 Å². The summed E-state index contributed by atoms with van der Waals surface area (Å²) in [5, 5.41) is 31.3. The summed E-state index contributed by atoms with van der Waals surface area (Å²) in [6.45, 7) is 22.1. The lowest BCUT2D eigenvalue weighted by atomic mass is 9.81. The zero-order valence-electron chi connectivity index (χ0n) is 43.9. The minimum absolute atomic E-state index is 0.0113. The van der Waals surface area contributed by atoms with Gasteiger partial charge in [-0.25, -0.2) is 4.79 Å². The number of cyclic esters (lactones) is 1. The highest BCUT2D eigenvalue weighted by atomic mass is 28.4. The van der Waals surface area contributed by atoms with Crippen LogP contribution in [0.15, 0.2) is 23.3 Å². The molecule has 4 rings (SSSR count). The molecular formula is C52H89NO14Si. The minimum Gasteiger partial charge on any atom is -0.456 e. The third-order valence-electron chi connectivity index (χ3n) is 15.8. The topological polar surface area (TPSA) is 197 Å². The van der Waals surface area contributed by atoms with E-state index in [2.05, 4.69) is 52.9 Å². The van der Waals surface area contributed by atoms with Gasteiger partial charge in [0, 0.05) is 52.0 Å². The summed E-state index contributed by atoms with van der Waals surface area (Å²) in [7, 11) is 2.16. The van der Waals surface area contributed by atoms with Crippen molar-refractivity contribution >= 4 is 31.8 Å². The Balaban J connectivity index is 1.86. The molecule has 15 atom stereocenters. The molecular weight excluding hydrogens is 891 g/mol. The number of aliphatic hydroxyl groups excluding tert-OH is 2. The van der Waals surface area contributed by atoms with Gasteiger partial charge in [0.15, 0.2) is 8.32 Å². The van der Waals surface area contributed by atoms with E-state index in [9.17, 15) is 34.5 Å². The van der Waals surface area contributed by atoms with E-state index in [-0.39, 0.29) is 67.3 Å². The number of nitrogens with zero attached hydrogens (tertiary/aromatic N) is 1. The number of methoxy groups -OCH3 is 3. The largest absolute Gasteiger partial charge is 0.456 e. The van der Waals surface area contributed by atoms with Gasteiger partial charge in [0.1, 0.15) is 30.1 Å². The quantitative estimate of drug-likeness (QED) is 0.0792. The summed E-state index contributed by atoms with van der Waals surface area (Å²) >= 11 is 0. The van der Waals surface area contributed by atoms with Crippen LogP contribution in [0.4, 0.5) is 0 Å². The molecule has 3 heterocycles. The maximum atomic E-state index is 14.9. The Labute approximate surface area is 408 Å². The van der Waals surface area contributed by atoms with Crippen molar-refractivity contribution in [3.8, 4) is 0 Å². The van der Waals surface area contributed by atoms with Crippen LogP contribution in [0.3, 0.4) is 0 Å². The SMILES string of the molecule is CCC1/C=C(\C)CC(C)CC(OC)C2OC(O)(C(=O)C(=O)N3CCCCC3C(=O)OC(C(C)=CC3CCC(OCC(O)CO)C(OC)C3)C(C)C(O[Si](C)(C)C(C)(C)C)CC1=O)C(C)CC2OC. The number of hydrogen-bond acceptors (Lipinski definition) is 14. The van der Waals surface area contributed by atoms with Gasteiger partial charge < -0.3 is 53.1 Å². The molecule has 4 aliphatic rings. The van der Waals surface area contributed by atoms with Gasteiger partial charge in [-0.1, -0.05) is 66.2 Å². The summed E-state index contributed by atoms with van der Waals surface area (Å²) < 4.78 is 44.0. The van der Waals surface area contributed by atoms with Crippen LogP contribution in [0.1, 0.15) is 133 Å². The van der Waals surface area contributed by atoms with Crippen molar-refractivity contribution < 1.29 is 67.3 Å². The number of fused-ring (bicyclic) bond motifs is 3. The Morgan fingerprint density at radius 3 is 2.18 bits per heavy atom. The average molecular weight is 980 g/mol. The maximum Gasteiger partial charge on any atom is 0.329 e. The summed E-state index contributed by atoms with van der Waals surface area (Å²) in [6, 6.07) is -1.13. The molecule has 0 spiro atoms. The number of amides is 1. The van der Waals surface area contributed by atoms with Crippen LogP contribution in [-0.4, -0.2) is 154 Å². The van der Waals surface area contributed by atoms with Crippen molar-refractivity contribution in [2.75, 3.05) is 41.1 Å². The highest BCUT2D eigenvalue weighted by molar-refractivity contribution is 6.74. The van der Waals surface area contributed by atoms with Crippen molar-refractivity contribution in [3.63, 3.8) is 0 Å². The molecule has 2 bridgehead atoms. The second kappa shape index (κ2) is 25.3. The van der Waals surface area contributed by atoms with E-state index in [0.717, 1.165) is 11.1 Å². The van der Waals surface area contributed by atoms with Crippen LogP contribution in [-0.2, 0) is 52.0 Å². The van der Waals surface area contributed by atoms with Gasteiger partial charge in [-0.3, -0.25) is 14.4 Å². The number of aliphatic hydroxyl groups is 3. The molecule has 1 saturated carbocycles. The number of ketones is 2. The van der Waals surface area contributed by atoms with Crippen LogP contribution < -0.4 is 0 Å². The van der Waals surface area contributed by atoms with Gasteiger partial charge >= 0.3 is 5.97 Å². The van der Waals surface area contributed by atoms with E-state index in [1.807, 2.05) is 27.7 Å². The summed E-state index contributed by atoms with van der Waals surface area (Å²) in [6.07, 6.45) is 4.30. The van der Waals surface area contributed by atoms with E-state index in [4.69, 9.17) is 32.8 Å². The monoisotopic (exact) mass is 980 g/mol. The predicted molar refractivity (Wildman–Crippen MR) is 261 cm³/mol. The fraction of sp³-hybridized carbons (Fsp3) is 0.846. The van der Waals surface area contributed by atoms with Gasteiger partial charge in [0.05, 0.1) is 43.7 Å². The molecule has 1 amide bonds. The Morgan fingerprint density at radius 1 is 0.926 bits per heavy atom. The highest BCUT2D eigenvalue weighted by Gasteiger charge is 2.57. The maximum absolute atomic E-state index is 14.9. The van der Waals surface area contributed by atoms with Crippen LogP contribution in [0.2, 0.25) is 18.1 Å². The van der Waals surface area contributed by atoms with Gasteiger partial charge in [-0.15, -0.1) is 0 Å². The first-order valence-corrected chi connectivity index (χ1v) is 28.3. The number of piperidine rings is 1. The standard InChI is InChI=1S/C52H89NO14Si/c1-15-37-23-31(2)22-32(3)24-44(62-11)47-45(63-12)26-34(5)52(60,66-47)48(57)49(58)53-21-17-16-18-39(53)50(59)65-46(35(6)42(28-40(37)56)67-68(13,14)51(7,8)9)33(4)25-36-19-20-41(43(27-36)61-10)64-30-38(55)29-54/h23,25,32,34-39,41-47,54-55,60H,15-22,24,26-30H2,1-14H3/b31-23+,33-25?. The fourth-order valence-corrected chi connectivity index (χ4v) is 12.0. The minimum atomic E-state index is -2.56. The molecule has 0 radical (unpaired) electrons. The van der Waals surface area contributed by atoms with Crippen molar-refractivity contribution in [2.24, 2.45) is 29.6 Å². The first-order valence-electron chi connectivity index (χ1n) is 25.4.